The molecule has 8 rings (SSSR count). The summed E-state index contributed by atoms with van der Waals surface area (Å²) in [7, 11) is 0. The molecule has 3 heteroatoms. The Morgan fingerprint density at radius 1 is 0.578 bits per heavy atom. The molecule has 0 saturated heterocycles. The average molecular weight is 587 g/mol. The summed E-state index contributed by atoms with van der Waals surface area (Å²) >= 11 is 0. The molecule has 0 aliphatic heterocycles. The van der Waals surface area contributed by atoms with Crippen LogP contribution in [0.15, 0.2) is 108 Å². The average Bonchev–Trinajstić information content (AvgIpc) is 3.62. The van der Waals surface area contributed by atoms with E-state index in [-0.39, 0.29) is 0 Å². The number of para-hydroxylation sites is 2. The van der Waals surface area contributed by atoms with Crippen LogP contribution < -0.4 is 0 Å². The summed E-state index contributed by atoms with van der Waals surface area (Å²) < 4.78 is 9.01. The first-order chi connectivity index (χ1) is 21.8. The van der Waals surface area contributed by atoms with Gasteiger partial charge in [0.2, 0.25) is 0 Å². The molecule has 0 saturated carbocycles. The van der Waals surface area contributed by atoms with Gasteiger partial charge in [0.15, 0.2) is 0 Å². The van der Waals surface area contributed by atoms with Gasteiger partial charge in [-0.1, -0.05) is 102 Å². The monoisotopic (exact) mass is 586 g/mol. The largest absolute Gasteiger partial charge is 0.455 e. The van der Waals surface area contributed by atoms with Gasteiger partial charge in [0.1, 0.15) is 17.0 Å². The van der Waals surface area contributed by atoms with E-state index in [0.717, 1.165) is 49.7 Å². The van der Waals surface area contributed by atoms with Gasteiger partial charge in [-0.3, -0.25) is 4.57 Å². The summed E-state index contributed by atoms with van der Waals surface area (Å²) in [5, 5.41) is 7.09. The van der Waals surface area contributed by atoms with Crippen molar-refractivity contribution in [3.05, 3.63) is 120 Å². The zero-order valence-electron chi connectivity index (χ0n) is 26.8. The minimum atomic E-state index is 0.356. The van der Waals surface area contributed by atoms with Gasteiger partial charge >= 0.3 is 0 Å². The predicted octanol–water partition coefficient (Wildman–Crippen LogP) is 12.3. The number of fused-ring (bicyclic) bond motifs is 8. The fraction of sp³-hybridized carbons (Fsp3) is 0.214. The molecule has 6 aromatic carbocycles. The van der Waals surface area contributed by atoms with E-state index < -0.39 is 0 Å². The summed E-state index contributed by atoms with van der Waals surface area (Å²) in [6, 6.07) is 37.4. The Labute approximate surface area is 264 Å². The van der Waals surface area contributed by atoms with E-state index in [1.807, 2.05) is 0 Å². The minimum absolute atomic E-state index is 0.356. The SMILES string of the molecule is CC(C)c1cc(C(C)C)c(-n2c(-c3ccc4oc5c(ccc6c7ccccc7ccc65)c4c3)nc3ccccc32)c(C(C)C)c1. The molecule has 0 aliphatic rings. The Morgan fingerprint density at radius 3 is 2.00 bits per heavy atom. The van der Waals surface area contributed by atoms with E-state index in [4.69, 9.17) is 9.40 Å². The smallest absolute Gasteiger partial charge is 0.145 e. The van der Waals surface area contributed by atoms with Crippen LogP contribution in [0.4, 0.5) is 0 Å². The van der Waals surface area contributed by atoms with Gasteiger partial charge in [0, 0.05) is 21.7 Å². The maximum atomic E-state index is 6.59. The van der Waals surface area contributed by atoms with Crippen molar-refractivity contribution in [1.29, 1.82) is 0 Å². The third-order valence-corrected chi connectivity index (χ3v) is 9.50. The Hall–Kier alpha value is -4.89. The quantitative estimate of drug-likeness (QED) is 0.188. The number of furan rings is 1. The second kappa shape index (κ2) is 10.3. The number of benzene rings is 6. The number of aromatic nitrogens is 2. The first-order valence-electron chi connectivity index (χ1n) is 16.2. The molecule has 0 radical (unpaired) electrons. The highest BCUT2D eigenvalue weighted by molar-refractivity contribution is 6.20. The van der Waals surface area contributed by atoms with Crippen LogP contribution in [0.2, 0.25) is 0 Å². The predicted molar refractivity (Wildman–Crippen MR) is 191 cm³/mol. The molecule has 0 spiro atoms. The molecular formula is C42H38N2O. The van der Waals surface area contributed by atoms with Gasteiger partial charge in [-0.15, -0.1) is 0 Å². The number of hydrogen-bond donors (Lipinski definition) is 0. The van der Waals surface area contributed by atoms with E-state index in [9.17, 15) is 0 Å². The summed E-state index contributed by atoms with van der Waals surface area (Å²) in [4.78, 5) is 5.31. The van der Waals surface area contributed by atoms with Crippen molar-refractivity contribution in [3.63, 3.8) is 0 Å². The van der Waals surface area contributed by atoms with Crippen molar-refractivity contribution >= 4 is 54.5 Å². The fourth-order valence-corrected chi connectivity index (χ4v) is 7.08. The lowest BCUT2D eigenvalue weighted by atomic mass is 9.87. The Bertz CT molecular complexity index is 2390. The number of nitrogens with zero attached hydrogens (tertiary/aromatic N) is 2. The maximum absolute atomic E-state index is 6.59. The second-order valence-electron chi connectivity index (χ2n) is 13.4. The van der Waals surface area contributed by atoms with E-state index in [1.165, 1.54) is 38.5 Å². The van der Waals surface area contributed by atoms with Crippen LogP contribution in [0.5, 0.6) is 0 Å². The van der Waals surface area contributed by atoms with E-state index in [2.05, 4.69) is 149 Å². The zero-order valence-corrected chi connectivity index (χ0v) is 26.8. The minimum Gasteiger partial charge on any atom is -0.455 e. The Balaban J connectivity index is 1.41. The van der Waals surface area contributed by atoms with Crippen molar-refractivity contribution in [2.45, 2.75) is 59.3 Å². The fourth-order valence-electron chi connectivity index (χ4n) is 7.08. The van der Waals surface area contributed by atoms with Gasteiger partial charge in [-0.25, -0.2) is 4.98 Å². The third-order valence-electron chi connectivity index (χ3n) is 9.50. The Kier molecular flexibility index (Phi) is 6.35. The molecule has 0 amide bonds. The Morgan fingerprint density at radius 2 is 1.24 bits per heavy atom. The summed E-state index contributed by atoms with van der Waals surface area (Å²) in [5.74, 6) is 2.13. The van der Waals surface area contributed by atoms with Crippen LogP contribution in [0.3, 0.4) is 0 Å². The van der Waals surface area contributed by atoms with Gasteiger partial charge in [-0.2, -0.15) is 0 Å². The van der Waals surface area contributed by atoms with Crippen LogP contribution in [0.25, 0.3) is 71.6 Å². The molecule has 3 nitrogen and oxygen atoms in total. The summed E-state index contributed by atoms with van der Waals surface area (Å²) in [6.45, 7) is 13.8. The summed E-state index contributed by atoms with van der Waals surface area (Å²) in [5.41, 5.74) is 10.4. The highest BCUT2D eigenvalue weighted by Crippen LogP contribution is 2.42. The molecule has 0 atom stereocenters. The molecule has 222 valence electrons. The van der Waals surface area contributed by atoms with Crippen LogP contribution in [0.1, 0.15) is 76.0 Å². The van der Waals surface area contributed by atoms with Gasteiger partial charge < -0.3 is 4.42 Å². The number of hydrogen-bond acceptors (Lipinski definition) is 2. The van der Waals surface area contributed by atoms with Gasteiger partial charge in [0.05, 0.1) is 16.7 Å². The van der Waals surface area contributed by atoms with Crippen molar-refractivity contribution in [2.24, 2.45) is 0 Å². The molecular weight excluding hydrogens is 548 g/mol. The third kappa shape index (κ3) is 4.29. The maximum Gasteiger partial charge on any atom is 0.145 e. The molecule has 0 N–H and O–H groups in total. The van der Waals surface area contributed by atoms with Crippen LogP contribution >= 0.6 is 0 Å². The molecule has 0 bridgehead atoms. The van der Waals surface area contributed by atoms with Gasteiger partial charge in [-0.05, 0) is 93.1 Å². The van der Waals surface area contributed by atoms with Crippen molar-refractivity contribution in [3.8, 4) is 17.1 Å². The van der Waals surface area contributed by atoms with Crippen LogP contribution in [0, 0.1) is 0 Å². The zero-order chi connectivity index (χ0) is 31.0. The number of rotatable bonds is 5. The number of imidazole rings is 1. The van der Waals surface area contributed by atoms with Crippen molar-refractivity contribution in [1.82, 2.24) is 9.55 Å². The standard InChI is InChI=1S/C42H38N2O/c1-24(2)29-22-34(25(3)4)40(35(23-29)26(5)6)44-38-14-10-9-13-37(38)43-42(44)28-16-20-39-36(21-28)33-19-18-31-30-12-8-7-11-27(30)15-17-32(31)41(33)45-39/h7-26H,1-6H3. The lowest BCUT2D eigenvalue weighted by molar-refractivity contribution is 0.673. The molecule has 0 aliphatic carbocycles. The second-order valence-corrected chi connectivity index (χ2v) is 13.4. The molecule has 2 heterocycles. The van der Waals surface area contributed by atoms with Crippen molar-refractivity contribution < 1.29 is 4.42 Å². The topological polar surface area (TPSA) is 31.0 Å². The molecule has 8 aromatic rings. The van der Waals surface area contributed by atoms with Crippen molar-refractivity contribution in [2.75, 3.05) is 0 Å². The van der Waals surface area contributed by atoms with Crippen LogP contribution in [-0.4, -0.2) is 9.55 Å². The molecule has 0 fully saturated rings. The normalized spacial score (nSPS) is 12.4. The van der Waals surface area contributed by atoms with Gasteiger partial charge in [0.25, 0.3) is 0 Å². The molecule has 2 aromatic heterocycles. The first-order valence-corrected chi connectivity index (χ1v) is 16.2. The lowest BCUT2D eigenvalue weighted by Gasteiger charge is -2.25. The van der Waals surface area contributed by atoms with Crippen LogP contribution in [-0.2, 0) is 0 Å². The van der Waals surface area contributed by atoms with E-state index >= 15 is 0 Å². The lowest BCUT2D eigenvalue weighted by Crippen LogP contribution is -2.10. The molecule has 0 unspecified atom stereocenters. The van der Waals surface area contributed by atoms with E-state index in [0.29, 0.717) is 17.8 Å². The van der Waals surface area contributed by atoms with E-state index in [1.54, 1.807) is 0 Å². The highest BCUT2D eigenvalue weighted by Gasteiger charge is 2.24. The molecule has 45 heavy (non-hydrogen) atoms. The summed E-state index contributed by atoms with van der Waals surface area (Å²) in [6.07, 6.45) is 0. The first kappa shape index (κ1) is 27.6. The highest BCUT2D eigenvalue weighted by atomic mass is 16.3.